The van der Waals surface area contributed by atoms with E-state index in [0.717, 1.165) is 28.0 Å². The number of alkyl halides is 1. The van der Waals surface area contributed by atoms with Crippen LogP contribution in [0.3, 0.4) is 0 Å². The van der Waals surface area contributed by atoms with Gasteiger partial charge in [-0.25, -0.2) is 0 Å². The molecule has 1 rings (SSSR count). The van der Waals surface area contributed by atoms with Crippen LogP contribution in [0.5, 0.6) is 0 Å². The monoisotopic (exact) mass is 337 g/mol. The number of hydrogen-bond donors (Lipinski definition) is 1. The van der Waals surface area contributed by atoms with Crippen LogP contribution in [-0.2, 0) is 6.54 Å². The number of rotatable bonds is 6. The molecule has 0 aromatic heterocycles. The molecule has 0 bridgehead atoms. The normalized spacial score (nSPS) is 13.1. The molecule has 0 saturated carbocycles. The zero-order chi connectivity index (χ0) is 12.8. The summed E-state index contributed by atoms with van der Waals surface area (Å²) in [5.41, 5.74) is 1.11. The lowest BCUT2D eigenvalue weighted by Gasteiger charge is -2.18. The lowest BCUT2D eigenvalue weighted by molar-refractivity contribution is 0.445. The molecule has 1 aromatic rings. The van der Waals surface area contributed by atoms with E-state index in [1.54, 1.807) is 0 Å². The van der Waals surface area contributed by atoms with E-state index in [2.05, 4.69) is 35.1 Å². The fraction of sp³-hybridized carbons (Fsp3) is 0.538. The predicted octanol–water partition coefficient (Wildman–Crippen LogP) is 4.85. The molecule has 0 saturated heterocycles. The van der Waals surface area contributed by atoms with Gasteiger partial charge in [-0.2, -0.15) is 0 Å². The Bertz CT molecular complexity index is 355. The molecule has 0 fully saturated rings. The SMILES string of the molecule is CC(C)CC(CCl)NCc1ccc(Br)cc1Cl. The van der Waals surface area contributed by atoms with Crippen LogP contribution in [0, 0.1) is 5.92 Å². The fourth-order valence-electron chi connectivity index (χ4n) is 1.69. The van der Waals surface area contributed by atoms with Gasteiger partial charge in [0.1, 0.15) is 0 Å². The standard InChI is InChI=1S/C13H18BrCl2N/c1-9(2)5-12(7-15)17-8-10-3-4-11(14)6-13(10)16/h3-4,6,9,12,17H,5,7-8H2,1-2H3. The maximum Gasteiger partial charge on any atom is 0.0462 e. The van der Waals surface area contributed by atoms with Crippen molar-refractivity contribution in [3.8, 4) is 0 Å². The van der Waals surface area contributed by atoms with Crippen LogP contribution >= 0.6 is 39.1 Å². The molecule has 96 valence electrons. The van der Waals surface area contributed by atoms with Gasteiger partial charge in [0.15, 0.2) is 0 Å². The van der Waals surface area contributed by atoms with Crippen LogP contribution in [0.15, 0.2) is 22.7 Å². The van der Waals surface area contributed by atoms with Gasteiger partial charge in [0, 0.05) is 28.0 Å². The molecule has 0 aliphatic heterocycles. The Hall–Kier alpha value is 0.240. The molecule has 1 aromatic carbocycles. The van der Waals surface area contributed by atoms with Gasteiger partial charge < -0.3 is 5.32 Å². The molecule has 0 aliphatic carbocycles. The smallest absolute Gasteiger partial charge is 0.0462 e. The van der Waals surface area contributed by atoms with Gasteiger partial charge in [0.2, 0.25) is 0 Å². The Morgan fingerprint density at radius 1 is 1.35 bits per heavy atom. The minimum Gasteiger partial charge on any atom is -0.309 e. The summed E-state index contributed by atoms with van der Waals surface area (Å²) >= 11 is 15.5. The van der Waals surface area contributed by atoms with Gasteiger partial charge in [0.25, 0.3) is 0 Å². The Kier molecular flexibility index (Phi) is 6.86. The summed E-state index contributed by atoms with van der Waals surface area (Å²) in [4.78, 5) is 0. The second kappa shape index (κ2) is 7.63. The van der Waals surface area contributed by atoms with Crippen LogP contribution < -0.4 is 5.32 Å². The number of nitrogens with one attached hydrogen (secondary N) is 1. The van der Waals surface area contributed by atoms with Crippen molar-refractivity contribution >= 4 is 39.1 Å². The molecule has 1 atom stereocenters. The average molecular weight is 339 g/mol. The number of hydrogen-bond acceptors (Lipinski definition) is 1. The molecule has 0 amide bonds. The van der Waals surface area contributed by atoms with Crippen molar-refractivity contribution in [1.29, 1.82) is 0 Å². The molecule has 0 radical (unpaired) electrons. The highest BCUT2D eigenvalue weighted by atomic mass is 79.9. The molecule has 1 nitrogen and oxygen atoms in total. The van der Waals surface area contributed by atoms with Crippen molar-refractivity contribution in [2.24, 2.45) is 5.92 Å². The van der Waals surface area contributed by atoms with Crippen LogP contribution in [0.4, 0.5) is 0 Å². The largest absolute Gasteiger partial charge is 0.309 e. The minimum absolute atomic E-state index is 0.344. The van der Waals surface area contributed by atoms with Crippen LogP contribution in [-0.4, -0.2) is 11.9 Å². The lowest BCUT2D eigenvalue weighted by atomic mass is 10.0. The molecular weight excluding hydrogens is 321 g/mol. The Balaban J connectivity index is 2.53. The maximum absolute atomic E-state index is 6.16. The van der Waals surface area contributed by atoms with E-state index in [0.29, 0.717) is 17.8 Å². The van der Waals surface area contributed by atoms with Crippen molar-refractivity contribution < 1.29 is 0 Å². The van der Waals surface area contributed by atoms with E-state index in [9.17, 15) is 0 Å². The summed E-state index contributed by atoms with van der Waals surface area (Å²) in [6, 6.07) is 6.29. The highest BCUT2D eigenvalue weighted by molar-refractivity contribution is 9.10. The van der Waals surface area contributed by atoms with Gasteiger partial charge in [-0.1, -0.05) is 47.4 Å². The fourth-order valence-corrected chi connectivity index (χ4v) is 2.66. The summed E-state index contributed by atoms with van der Waals surface area (Å²) in [6.07, 6.45) is 1.08. The zero-order valence-electron chi connectivity index (χ0n) is 10.1. The van der Waals surface area contributed by atoms with Crippen LogP contribution in [0.25, 0.3) is 0 Å². The molecule has 17 heavy (non-hydrogen) atoms. The highest BCUT2D eigenvalue weighted by Crippen LogP contribution is 2.21. The zero-order valence-corrected chi connectivity index (χ0v) is 13.2. The Labute approximate surface area is 122 Å². The van der Waals surface area contributed by atoms with Crippen LogP contribution in [0.1, 0.15) is 25.8 Å². The molecular formula is C13H18BrCl2N. The summed E-state index contributed by atoms with van der Waals surface area (Å²) in [5, 5.41) is 4.23. The number of halogens is 3. The summed E-state index contributed by atoms with van der Waals surface area (Å²) < 4.78 is 1.00. The molecule has 0 aliphatic rings. The van der Waals surface area contributed by atoms with Gasteiger partial charge in [-0.3, -0.25) is 0 Å². The predicted molar refractivity (Wildman–Crippen MR) is 80.0 cm³/mol. The third-order valence-corrected chi connectivity index (χ3v) is 3.76. The second-order valence-electron chi connectivity index (χ2n) is 4.60. The number of benzene rings is 1. The Morgan fingerprint density at radius 3 is 2.59 bits per heavy atom. The third-order valence-electron chi connectivity index (χ3n) is 2.54. The van der Waals surface area contributed by atoms with Crippen molar-refractivity contribution in [1.82, 2.24) is 5.32 Å². The van der Waals surface area contributed by atoms with Crippen molar-refractivity contribution in [2.75, 3.05) is 5.88 Å². The molecule has 1 N–H and O–H groups in total. The summed E-state index contributed by atoms with van der Waals surface area (Å²) in [6.45, 7) is 5.16. The third kappa shape index (κ3) is 5.60. The summed E-state index contributed by atoms with van der Waals surface area (Å²) in [5.74, 6) is 1.28. The first-order valence-corrected chi connectivity index (χ1v) is 7.46. The topological polar surface area (TPSA) is 12.0 Å². The quantitative estimate of drug-likeness (QED) is 0.731. The van der Waals surface area contributed by atoms with E-state index < -0.39 is 0 Å². The van der Waals surface area contributed by atoms with E-state index in [4.69, 9.17) is 23.2 Å². The van der Waals surface area contributed by atoms with Gasteiger partial charge >= 0.3 is 0 Å². The summed E-state index contributed by atoms with van der Waals surface area (Å²) in [7, 11) is 0. The maximum atomic E-state index is 6.16. The van der Waals surface area contributed by atoms with Gasteiger partial charge in [0.05, 0.1) is 0 Å². The molecule has 1 unspecified atom stereocenters. The second-order valence-corrected chi connectivity index (χ2v) is 6.23. The van der Waals surface area contributed by atoms with Crippen molar-refractivity contribution in [3.05, 3.63) is 33.3 Å². The molecule has 4 heteroatoms. The van der Waals surface area contributed by atoms with Crippen LogP contribution in [0.2, 0.25) is 5.02 Å². The van der Waals surface area contributed by atoms with E-state index in [1.165, 1.54) is 0 Å². The Morgan fingerprint density at radius 2 is 2.06 bits per heavy atom. The minimum atomic E-state index is 0.344. The lowest BCUT2D eigenvalue weighted by Crippen LogP contribution is -2.31. The highest BCUT2D eigenvalue weighted by Gasteiger charge is 2.10. The van der Waals surface area contributed by atoms with E-state index >= 15 is 0 Å². The van der Waals surface area contributed by atoms with E-state index in [-0.39, 0.29) is 0 Å². The van der Waals surface area contributed by atoms with Crippen molar-refractivity contribution in [3.63, 3.8) is 0 Å². The first kappa shape index (κ1) is 15.3. The van der Waals surface area contributed by atoms with Gasteiger partial charge in [-0.05, 0) is 30.0 Å². The molecule has 0 spiro atoms. The van der Waals surface area contributed by atoms with E-state index in [1.807, 2.05) is 18.2 Å². The van der Waals surface area contributed by atoms with Crippen molar-refractivity contribution in [2.45, 2.75) is 32.9 Å². The van der Waals surface area contributed by atoms with Gasteiger partial charge in [-0.15, -0.1) is 11.6 Å². The first-order chi connectivity index (χ1) is 8.02. The first-order valence-electron chi connectivity index (χ1n) is 5.76. The molecule has 0 heterocycles. The average Bonchev–Trinajstić information content (AvgIpc) is 2.25.